The number of rotatable bonds is 6. The quantitative estimate of drug-likeness (QED) is 0.785. The molecule has 126 valence electrons. The van der Waals surface area contributed by atoms with Gasteiger partial charge in [0.2, 0.25) is 0 Å². The monoisotopic (exact) mass is 327 g/mol. The maximum Gasteiger partial charge on any atom is 0.340 e. The molecule has 0 fully saturated rings. The Hall–Kier alpha value is -2.82. The van der Waals surface area contributed by atoms with Crippen molar-refractivity contribution >= 4 is 23.3 Å². The molecule has 0 aliphatic heterocycles. The van der Waals surface area contributed by atoms with Crippen LogP contribution in [-0.2, 0) is 14.9 Å². The van der Waals surface area contributed by atoms with Crippen molar-refractivity contribution in [3.05, 3.63) is 59.7 Å². The first-order valence-corrected chi connectivity index (χ1v) is 7.74. The molecular weight excluding hydrogens is 306 g/mol. The molecule has 0 unspecified atom stereocenters. The van der Waals surface area contributed by atoms with Gasteiger partial charge in [-0.15, -0.1) is 0 Å². The molecule has 0 atom stereocenters. The van der Waals surface area contributed by atoms with Crippen LogP contribution in [0.25, 0.3) is 0 Å². The molecule has 0 saturated carbocycles. The van der Waals surface area contributed by atoms with E-state index in [-0.39, 0.29) is 6.61 Å². The number of nitrogens with one attached hydrogen (secondary N) is 1. The standard InChI is InChI=1S/C19H21NO4/c1-4-24-17(21)13-9-5-7-11-15(13)20-16-12-8-6-10-14(16)19(2,3)18(22)23/h5-12,20H,4H2,1-3H3,(H,22,23). The number of anilines is 2. The summed E-state index contributed by atoms with van der Waals surface area (Å²) in [6, 6.07) is 14.2. The number of carboxylic acid groups (broad SMARTS) is 1. The topological polar surface area (TPSA) is 75.6 Å². The third kappa shape index (κ3) is 3.56. The second-order valence-electron chi connectivity index (χ2n) is 5.87. The molecule has 0 aromatic heterocycles. The highest BCUT2D eigenvalue weighted by atomic mass is 16.5. The molecule has 2 aromatic carbocycles. The predicted octanol–water partition coefficient (Wildman–Crippen LogP) is 3.97. The molecule has 0 heterocycles. The van der Waals surface area contributed by atoms with Gasteiger partial charge < -0.3 is 15.2 Å². The summed E-state index contributed by atoms with van der Waals surface area (Å²) >= 11 is 0. The summed E-state index contributed by atoms with van der Waals surface area (Å²) in [5.41, 5.74) is 1.19. The lowest BCUT2D eigenvalue weighted by atomic mass is 9.83. The minimum atomic E-state index is -1.07. The lowest BCUT2D eigenvalue weighted by molar-refractivity contribution is -0.142. The molecule has 5 heteroatoms. The summed E-state index contributed by atoms with van der Waals surface area (Å²) in [4.78, 5) is 23.7. The maximum absolute atomic E-state index is 12.1. The second kappa shape index (κ2) is 7.17. The van der Waals surface area contributed by atoms with E-state index in [1.807, 2.05) is 6.07 Å². The fourth-order valence-corrected chi connectivity index (χ4v) is 2.38. The third-order valence-electron chi connectivity index (χ3n) is 3.83. The Morgan fingerprint density at radius 1 is 1.04 bits per heavy atom. The molecule has 2 aromatic rings. The molecule has 0 aliphatic carbocycles. The largest absolute Gasteiger partial charge is 0.481 e. The fourth-order valence-electron chi connectivity index (χ4n) is 2.38. The molecule has 24 heavy (non-hydrogen) atoms. The highest BCUT2D eigenvalue weighted by Gasteiger charge is 2.31. The van der Waals surface area contributed by atoms with E-state index in [4.69, 9.17) is 4.74 Å². The molecule has 5 nitrogen and oxygen atoms in total. The minimum Gasteiger partial charge on any atom is -0.481 e. The zero-order chi connectivity index (χ0) is 17.7. The summed E-state index contributed by atoms with van der Waals surface area (Å²) in [6.07, 6.45) is 0. The van der Waals surface area contributed by atoms with Crippen molar-refractivity contribution in [2.45, 2.75) is 26.2 Å². The Balaban J connectivity index is 2.44. The first-order chi connectivity index (χ1) is 11.4. The number of carboxylic acids is 1. The van der Waals surface area contributed by atoms with Crippen LogP contribution in [0.3, 0.4) is 0 Å². The van der Waals surface area contributed by atoms with Gasteiger partial charge in [-0.05, 0) is 44.5 Å². The SMILES string of the molecule is CCOC(=O)c1ccccc1Nc1ccccc1C(C)(C)C(=O)O. The first-order valence-electron chi connectivity index (χ1n) is 7.74. The van der Waals surface area contributed by atoms with Crippen LogP contribution in [0.5, 0.6) is 0 Å². The number of hydrogen-bond acceptors (Lipinski definition) is 4. The Morgan fingerprint density at radius 3 is 2.25 bits per heavy atom. The van der Waals surface area contributed by atoms with Crippen molar-refractivity contribution in [1.82, 2.24) is 0 Å². The normalized spacial score (nSPS) is 11.0. The van der Waals surface area contributed by atoms with Gasteiger partial charge in [-0.1, -0.05) is 30.3 Å². The molecule has 0 bridgehead atoms. The molecule has 2 rings (SSSR count). The van der Waals surface area contributed by atoms with E-state index in [2.05, 4.69) is 5.32 Å². The van der Waals surface area contributed by atoms with E-state index in [0.717, 1.165) is 0 Å². The molecule has 0 spiro atoms. The van der Waals surface area contributed by atoms with Crippen molar-refractivity contribution < 1.29 is 19.4 Å². The average molecular weight is 327 g/mol. The van der Waals surface area contributed by atoms with Crippen LogP contribution in [0.15, 0.2) is 48.5 Å². The van der Waals surface area contributed by atoms with Gasteiger partial charge in [0.05, 0.1) is 23.3 Å². The van der Waals surface area contributed by atoms with Crippen LogP contribution in [0.1, 0.15) is 36.7 Å². The lowest BCUT2D eigenvalue weighted by Crippen LogP contribution is -2.29. The van der Waals surface area contributed by atoms with Gasteiger partial charge >= 0.3 is 11.9 Å². The number of hydrogen-bond donors (Lipinski definition) is 2. The fraction of sp³-hybridized carbons (Fsp3) is 0.263. The van der Waals surface area contributed by atoms with Gasteiger partial charge in [-0.2, -0.15) is 0 Å². The van der Waals surface area contributed by atoms with E-state index in [9.17, 15) is 14.7 Å². The van der Waals surface area contributed by atoms with Gasteiger partial charge in [-0.3, -0.25) is 4.79 Å². The van der Waals surface area contributed by atoms with E-state index < -0.39 is 17.4 Å². The van der Waals surface area contributed by atoms with E-state index >= 15 is 0 Å². The summed E-state index contributed by atoms with van der Waals surface area (Å²) in [5.74, 6) is -1.34. The number of carbonyl (C=O) groups excluding carboxylic acids is 1. The maximum atomic E-state index is 12.1. The number of benzene rings is 2. The van der Waals surface area contributed by atoms with Crippen molar-refractivity contribution in [3.63, 3.8) is 0 Å². The van der Waals surface area contributed by atoms with Crippen LogP contribution < -0.4 is 5.32 Å². The van der Waals surface area contributed by atoms with Crippen LogP contribution in [0.4, 0.5) is 11.4 Å². The molecule has 2 N–H and O–H groups in total. The van der Waals surface area contributed by atoms with Gasteiger partial charge in [0.15, 0.2) is 0 Å². The number of para-hydroxylation sites is 2. The van der Waals surface area contributed by atoms with Crippen molar-refractivity contribution in [2.75, 3.05) is 11.9 Å². The Morgan fingerprint density at radius 2 is 1.62 bits per heavy atom. The Labute approximate surface area is 141 Å². The van der Waals surface area contributed by atoms with Crippen LogP contribution in [0.2, 0.25) is 0 Å². The molecule has 0 aliphatic rings. The second-order valence-corrected chi connectivity index (χ2v) is 5.87. The van der Waals surface area contributed by atoms with Gasteiger partial charge in [0.1, 0.15) is 0 Å². The van der Waals surface area contributed by atoms with E-state index in [1.54, 1.807) is 63.2 Å². The Kier molecular flexibility index (Phi) is 5.24. The van der Waals surface area contributed by atoms with Crippen molar-refractivity contribution in [2.24, 2.45) is 0 Å². The number of ether oxygens (including phenoxy) is 1. The number of carbonyl (C=O) groups is 2. The summed E-state index contributed by atoms with van der Waals surface area (Å²) in [6.45, 7) is 5.33. The van der Waals surface area contributed by atoms with Crippen LogP contribution in [-0.4, -0.2) is 23.7 Å². The molecule has 0 radical (unpaired) electrons. The summed E-state index contributed by atoms with van der Waals surface area (Å²) in [7, 11) is 0. The lowest BCUT2D eigenvalue weighted by Gasteiger charge is -2.24. The molecule has 0 saturated heterocycles. The third-order valence-corrected chi connectivity index (χ3v) is 3.83. The Bertz CT molecular complexity index is 753. The van der Waals surface area contributed by atoms with E-state index in [1.165, 1.54) is 0 Å². The van der Waals surface area contributed by atoms with E-state index in [0.29, 0.717) is 22.5 Å². The summed E-state index contributed by atoms with van der Waals surface area (Å²) in [5, 5.41) is 12.7. The highest BCUT2D eigenvalue weighted by Crippen LogP contribution is 2.33. The smallest absolute Gasteiger partial charge is 0.340 e. The number of esters is 1. The van der Waals surface area contributed by atoms with Gasteiger partial charge in [0, 0.05) is 5.69 Å². The van der Waals surface area contributed by atoms with Crippen molar-refractivity contribution in [3.8, 4) is 0 Å². The predicted molar refractivity (Wildman–Crippen MR) is 92.8 cm³/mol. The van der Waals surface area contributed by atoms with Crippen LogP contribution in [0, 0.1) is 0 Å². The van der Waals surface area contributed by atoms with Gasteiger partial charge in [-0.25, -0.2) is 4.79 Å². The molecular formula is C19H21NO4. The zero-order valence-electron chi connectivity index (χ0n) is 14.0. The van der Waals surface area contributed by atoms with Crippen LogP contribution >= 0.6 is 0 Å². The summed E-state index contributed by atoms with van der Waals surface area (Å²) < 4.78 is 5.07. The molecule has 0 amide bonds. The zero-order valence-corrected chi connectivity index (χ0v) is 14.0. The van der Waals surface area contributed by atoms with Crippen molar-refractivity contribution in [1.29, 1.82) is 0 Å². The minimum absolute atomic E-state index is 0.287. The first kappa shape index (κ1) is 17.5. The highest BCUT2D eigenvalue weighted by molar-refractivity contribution is 5.97. The van der Waals surface area contributed by atoms with Gasteiger partial charge in [0.25, 0.3) is 0 Å². The number of aliphatic carboxylic acids is 1. The average Bonchev–Trinajstić information content (AvgIpc) is 2.55.